The average molecular weight is 290 g/mol. The summed E-state index contributed by atoms with van der Waals surface area (Å²) < 4.78 is 5.06. The molecule has 21 heavy (non-hydrogen) atoms. The molecule has 5 heteroatoms. The Morgan fingerprint density at radius 2 is 2.24 bits per heavy atom. The Kier molecular flexibility index (Phi) is 6.86. The van der Waals surface area contributed by atoms with E-state index < -0.39 is 0 Å². The van der Waals surface area contributed by atoms with Crippen molar-refractivity contribution in [2.75, 3.05) is 26.9 Å². The summed E-state index contributed by atoms with van der Waals surface area (Å²) in [5.41, 5.74) is 1.03. The molecule has 1 amide bonds. The van der Waals surface area contributed by atoms with Crippen LogP contribution in [0.5, 0.6) is 0 Å². The second kappa shape index (κ2) is 8.40. The largest absolute Gasteiger partial charge is 0.385 e. The number of nitrogens with zero attached hydrogens (tertiary/aromatic N) is 1. The van der Waals surface area contributed by atoms with Crippen molar-refractivity contribution < 1.29 is 14.6 Å². The van der Waals surface area contributed by atoms with Crippen LogP contribution < -0.4 is 5.32 Å². The van der Waals surface area contributed by atoms with Crippen LogP contribution in [-0.4, -0.2) is 42.9 Å². The minimum Gasteiger partial charge on any atom is -0.385 e. The van der Waals surface area contributed by atoms with E-state index in [-0.39, 0.29) is 17.9 Å². The molecule has 1 heterocycles. The lowest BCUT2D eigenvalue weighted by atomic mass is 9.89. The van der Waals surface area contributed by atoms with Crippen LogP contribution in [0.15, 0.2) is 18.5 Å². The Hall–Kier alpha value is -1.90. The van der Waals surface area contributed by atoms with E-state index in [0.717, 1.165) is 6.42 Å². The van der Waals surface area contributed by atoms with E-state index in [4.69, 9.17) is 9.84 Å². The van der Waals surface area contributed by atoms with E-state index in [1.165, 1.54) is 6.20 Å². The van der Waals surface area contributed by atoms with Gasteiger partial charge in [-0.25, -0.2) is 0 Å². The number of nitrogens with one attached hydrogen (secondary N) is 1. The van der Waals surface area contributed by atoms with Crippen LogP contribution in [0.2, 0.25) is 0 Å². The average Bonchev–Trinajstić information content (AvgIpc) is 2.49. The minimum absolute atomic E-state index is 0.0343. The second-order valence-corrected chi connectivity index (χ2v) is 5.51. The fourth-order valence-electron chi connectivity index (χ4n) is 1.66. The molecule has 1 rings (SSSR count). The molecule has 0 aliphatic rings. The number of pyridine rings is 1. The van der Waals surface area contributed by atoms with Gasteiger partial charge < -0.3 is 15.2 Å². The summed E-state index contributed by atoms with van der Waals surface area (Å²) in [6, 6.07) is 1.66. The molecule has 0 spiro atoms. The summed E-state index contributed by atoms with van der Waals surface area (Å²) in [7, 11) is 1.67. The van der Waals surface area contributed by atoms with Crippen molar-refractivity contribution in [3.05, 3.63) is 29.6 Å². The fraction of sp³-hybridized carbons (Fsp3) is 0.500. The maximum absolute atomic E-state index is 12.1. The van der Waals surface area contributed by atoms with E-state index >= 15 is 0 Å². The molecule has 0 saturated heterocycles. The van der Waals surface area contributed by atoms with E-state index in [1.54, 1.807) is 19.4 Å². The van der Waals surface area contributed by atoms with Gasteiger partial charge in [-0.05, 0) is 17.9 Å². The van der Waals surface area contributed by atoms with E-state index in [9.17, 15) is 4.79 Å². The van der Waals surface area contributed by atoms with Crippen LogP contribution in [-0.2, 0) is 4.74 Å². The highest BCUT2D eigenvalue weighted by Gasteiger charge is 2.19. The molecule has 0 radical (unpaired) electrons. The first kappa shape index (κ1) is 17.2. The zero-order chi connectivity index (χ0) is 15.7. The summed E-state index contributed by atoms with van der Waals surface area (Å²) >= 11 is 0. The number of rotatable bonds is 6. The molecule has 0 aromatic carbocycles. The van der Waals surface area contributed by atoms with Gasteiger partial charge in [0.25, 0.3) is 5.91 Å². The number of hydrogen-bond acceptors (Lipinski definition) is 4. The van der Waals surface area contributed by atoms with Crippen LogP contribution in [0.3, 0.4) is 0 Å². The van der Waals surface area contributed by atoms with E-state index in [0.29, 0.717) is 24.3 Å². The van der Waals surface area contributed by atoms with Crippen molar-refractivity contribution in [3.63, 3.8) is 0 Å². The van der Waals surface area contributed by atoms with Crippen molar-refractivity contribution in [3.8, 4) is 11.8 Å². The lowest BCUT2D eigenvalue weighted by Crippen LogP contribution is -2.34. The normalized spacial score (nSPS) is 10.7. The first-order chi connectivity index (χ1) is 9.98. The number of aliphatic hydroxyl groups excluding tert-OH is 1. The number of methoxy groups -OCH3 is 1. The highest BCUT2D eigenvalue weighted by molar-refractivity contribution is 5.94. The van der Waals surface area contributed by atoms with Crippen LogP contribution >= 0.6 is 0 Å². The molecule has 0 saturated carbocycles. The van der Waals surface area contributed by atoms with Gasteiger partial charge in [-0.3, -0.25) is 9.78 Å². The van der Waals surface area contributed by atoms with Crippen molar-refractivity contribution in [2.24, 2.45) is 5.41 Å². The third-order valence-electron chi connectivity index (χ3n) is 3.02. The summed E-state index contributed by atoms with van der Waals surface area (Å²) in [6.07, 6.45) is 3.92. The van der Waals surface area contributed by atoms with Gasteiger partial charge in [0.15, 0.2) is 0 Å². The lowest BCUT2D eigenvalue weighted by molar-refractivity contribution is 0.0920. The smallest absolute Gasteiger partial charge is 0.252 e. The van der Waals surface area contributed by atoms with Crippen LogP contribution in [0.1, 0.15) is 36.2 Å². The molecular weight excluding hydrogens is 268 g/mol. The molecule has 2 N–H and O–H groups in total. The van der Waals surface area contributed by atoms with Gasteiger partial charge in [-0.1, -0.05) is 25.7 Å². The van der Waals surface area contributed by atoms with Crippen molar-refractivity contribution >= 4 is 5.91 Å². The number of aromatic nitrogens is 1. The van der Waals surface area contributed by atoms with Gasteiger partial charge in [-0.15, -0.1) is 0 Å². The molecule has 0 bridgehead atoms. The van der Waals surface area contributed by atoms with Crippen LogP contribution in [0.4, 0.5) is 0 Å². The first-order valence-electron chi connectivity index (χ1n) is 6.80. The molecule has 0 unspecified atom stereocenters. The maximum Gasteiger partial charge on any atom is 0.252 e. The minimum atomic E-state index is -0.218. The SMILES string of the molecule is COCCC(C)(C)CNC(=O)c1cncc(C#CCO)c1. The van der Waals surface area contributed by atoms with Crippen LogP contribution in [0.25, 0.3) is 0 Å². The van der Waals surface area contributed by atoms with Crippen LogP contribution in [0, 0.1) is 17.3 Å². The Morgan fingerprint density at radius 3 is 2.90 bits per heavy atom. The number of ether oxygens (including phenoxy) is 1. The van der Waals surface area contributed by atoms with Gasteiger partial charge in [0, 0.05) is 38.2 Å². The topological polar surface area (TPSA) is 71.5 Å². The molecular formula is C16H22N2O3. The maximum atomic E-state index is 12.1. The quantitative estimate of drug-likeness (QED) is 0.773. The standard InChI is InChI=1S/C16H22N2O3/c1-16(2,6-8-21-3)12-18-15(20)14-9-13(5-4-7-19)10-17-11-14/h9-11,19H,6-8,12H2,1-3H3,(H,18,20). The number of hydrogen-bond donors (Lipinski definition) is 2. The molecule has 5 nitrogen and oxygen atoms in total. The zero-order valence-corrected chi connectivity index (χ0v) is 12.8. The molecule has 0 fully saturated rings. The van der Waals surface area contributed by atoms with Crippen molar-refractivity contribution in [2.45, 2.75) is 20.3 Å². The Morgan fingerprint density at radius 1 is 1.48 bits per heavy atom. The summed E-state index contributed by atoms with van der Waals surface area (Å²) in [6.45, 7) is 5.16. The number of amides is 1. The van der Waals surface area contributed by atoms with Gasteiger partial charge in [0.2, 0.25) is 0 Å². The molecule has 1 aromatic rings. The molecule has 0 aliphatic heterocycles. The third-order valence-corrected chi connectivity index (χ3v) is 3.02. The monoisotopic (exact) mass is 290 g/mol. The molecule has 1 aromatic heterocycles. The highest BCUT2D eigenvalue weighted by Crippen LogP contribution is 2.18. The van der Waals surface area contributed by atoms with Gasteiger partial charge >= 0.3 is 0 Å². The van der Waals surface area contributed by atoms with Gasteiger partial charge in [-0.2, -0.15) is 0 Å². The summed E-state index contributed by atoms with van der Waals surface area (Å²) in [5, 5.41) is 11.6. The number of carbonyl (C=O) groups is 1. The predicted octanol–water partition coefficient (Wildman–Crippen LogP) is 1.22. The number of carbonyl (C=O) groups excluding carboxylic acids is 1. The first-order valence-corrected chi connectivity index (χ1v) is 6.80. The number of aliphatic hydroxyl groups is 1. The molecule has 0 atom stereocenters. The van der Waals surface area contributed by atoms with Crippen molar-refractivity contribution in [1.29, 1.82) is 0 Å². The Bertz CT molecular complexity index is 530. The van der Waals surface area contributed by atoms with Gasteiger partial charge in [0.1, 0.15) is 6.61 Å². The Labute approximate surface area is 125 Å². The zero-order valence-electron chi connectivity index (χ0n) is 12.8. The molecule has 114 valence electrons. The third kappa shape index (κ3) is 6.39. The van der Waals surface area contributed by atoms with E-state index in [2.05, 4.69) is 36.0 Å². The summed E-state index contributed by atoms with van der Waals surface area (Å²) in [4.78, 5) is 16.1. The highest BCUT2D eigenvalue weighted by atomic mass is 16.5. The molecule has 0 aliphatic carbocycles. The lowest BCUT2D eigenvalue weighted by Gasteiger charge is -2.24. The fourth-order valence-corrected chi connectivity index (χ4v) is 1.66. The predicted molar refractivity (Wildman–Crippen MR) is 80.8 cm³/mol. The van der Waals surface area contributed by atoms with Gasteiger partial charge in [0.05, 0.1) is 5.56 Å². The van der Waals surface area contributed by atoms with E-state index in [1.807, 2.05) is 0 Å². The Balaban J connectivity index is 2.63. The summed E-state index contributed by atoms with van der Waals surface area (Å²) in [5.74, 6) is 5.08. The second-order valence-electron chi connectivity index (χ2n) is 5.51. The van der Waals surface area contributed by atoms with Crippen molar-refractivity contribution in [1.82, 2.24) is 10.3 Å².